The van der Waals surface area contributed by atoms with Gasteiger partial charge in [-0.25, -0.2) is 0 Å². The fraction of sp³-hybridized carbons (Fsp3) is 0.500. The molecule has 1 N–H and O–H groups in total. The number of nitrogens with one attached hydrogen (secondary N) is 1. The minimum absolute atomic E-state index is 0.138. The first-order valence-corrected chi connectivity index (χ1v) is 6.61. The van der Waals surface area contributed by atoms with E-state index in [1.165, 1.54) is 0 Å². The number of carbonyl (C=O) groups excluding carboxylic acids is 1. The lowest BCUT2D eigenvalue weighted by Crippen LogP contribution is -2.29. The summed E-state index contributed by atoms with van der Waals surface area (Å²) in [5, 5.41) is 3.46. The fourth-order valence-corrected chi connectivity index (χ4v) is 1.94. The molecule has 0 aliphatic carbocycles. The molecule has 1 aromatic carbocycles. The van der Waals surface area contributed by atoms with Crippen molar-refractivity contribution in [3.05, 3.63) is 28.8 Å². The Kier molecular flexibility index (Phi) is 5.99. The van der Waals surface area contributed by atoms with Crippen LogP contribution in [0.25, 0.3) is 0 Å². The van der Waals surface area contributed by atoms with Crippen molar-refractivity contribution >= 4 is 17.5 Å². The molecular formula is C14H20ClNO2. The third kappa shape index (κ3) is 3.91. The maximum atomic E-state index is 12.1. The monoisotopic (exact) mass is 269 g/mol. The van der Waals surface area contributed by atoms with Gasteiger partial charge in [0.15, 0.2) is 0 Å². The van der Waals surface area contributed by atoms with Gasteiger partial charge in [0.2, 0.25) is 0 Å². The summed E-state index contributed by atoms with van der Waals surface area (Å²) in [5.74, 6) is 0.918. The second kappa shape index (κ2) is 7.27. The van der Waals surface area contributed by atoms with Gasteiger partial charge in [0.1, 0.15) is 5.75 Å². The van der Waals surface area contributed by atoms with Crippen LogP contribution in [-0.4, -0.2) is 19.6 Å². The van der Waals surface area contributed by atoms with Gasteiger partial charge in [0.05, 0.1) is 12.7 Å². The van der Waals surface area contributed by atoms with Gasteiger partial charge in [-0.05, 0) is 24.1 Å². The second-order valence-electron chi connectivity index (χ2n) is 4.24. The predicted molar refractivity (Wildman–Crippen MR) is 74.4 cm³/mol. The number of carbonyl (C=O) groups is 1. The van der Waals surface area contributed by atoms with Crippen LogP contribution in [0.2, 0.25) is 5.02 Å². The molecule has 0 atom stereocenters. The molecule has 4 heteroatoms. The molecule has 100 valence electrons. The molecule has 0 unspecified atom stereocenters. The molecule has 0 bridgehead atoms. The van der Waals surface area contributed by atoms with Crippen molar-refractivity contribution in [3.63, 3.8) is 0 Å². The highest BCUT2D eigenvalue weighted by Crippen LogP contribution is 2.22. The van der Waals surface area contributed by atoms with Crippen LogP contribution in [0.15, 0.2) is 18.2 Å². The average molecular weight is 270 g/mol. The average Bonchev–Trinajstić information content (AvgIpc) is 2.39. The summed E-state index contributed by atoms with van der Waals surface area (Å²) < 4.78 is 5.16. The minimum Gasteiger partial charge on any atom is -0.496 e. The van der Waals surface area contributed by atoms with E-state index in [4.69, 9.17) is 16.3 Å². The number of amides is 1. The lowest BCUT2D eigenvalue weighted by molar-refractivity contribution is 0.0943. The maximum absolute atomic E-state index is 12.1. The second-order valence-corrected chi connectivity index (χ2v) is 4.67. The lowest BCUT2D eigenvalue weighted by Gasteiger charge is -2.14. The summed E-state index contributed by atoms with van der Waals surface area (Å²) in [6.07, 6.45) is 2.12. The Labute approximate surface area is 113 Å². The molecule has 18 heavy (non-hydrogen) atoms. The zero-order valence-electron chi connectivity index (χ0n) is 11.1. The van der Waals surface area contributed by atoms with Crippen molar-refractivity contribution in [1.82, 2.24) is 5.32 Å². The van der Waals surface area contributed by atoms with E-state index in [-0.39, 0.29) is 5.91 Å². The first-order valence-electron chi connectivity index (χ1n) is 6.24. The Morgan fingerprint density at radius 3 is 2.61 bits per heavy atom. The Hall–Kier alpha value is -1.22. The summed E-state index contributed by atoms with van der Waals surface area (Å²) in [6.45, 7) is 4.93. The Balaban J connectivity index is 2.74. The molecule has 3 nitrogen and oxygen atoms in total. The van der Waals surface area contributed by atoms with Crippen LogP contribution in [0.4, 0.5) is 0 Å². The molecule has 0 heterocycles. The van der Waals surface area contributed by atoms with E-state index in [2.05, 4.69) is 19.2 Å². The molecule has 0 aliphatic rings. The van der Waals surface area contributed by atoms with Crippen LogP contribution in [-0.2, 0) is 0 Å². The summed E-state index contributed by atoms with van der Waals surface area (Å²) in [6, 6.07) is 5.04. The summed E-state index contributed by atoms with van der Waals surface area (Å²) in [7, 11) is 1.54. The highest BCUT2D eigenvalue weighted by atomic mass is 35.5. The highest BCUT2D eigenvalue weighted by Gasteiger charge is 2.13. The molecule has 1 aromatic rings. The van der Waals surface area contributed by atoms with E-state index >= 15 is 0 Å². The smallest absolute Gasteiger partial charge is 0.255 e. The van der Waals surface area contributed by atoms with Crippen LogP contribution in [0.3, 0.4) is 0 Å². The zero-order chi connectivity index (χ0) is 13.5. The molecule has 0 spiro atoms. The summed E-state index contributed by atoms with van der Waals surface area (Å²) >= 11 is 5.90. The number of hydrogen-bond donors (Lipinski definition) is 1. The summed E-state index contributed by atoms with van der Waals surface area (Å²) in [5.41, 5.74) is 0.482. The van der Waals surface area contributed by atoms with Crippen LogP contribution in [0.5, 0.6) is 5.75 Å². The van der Waals surface area contributed by atoms with E-state index in [0.29, 0.717) is 28.8 Å². The molecule has 0 aromatic heterocycles. The number of halogens is 1. The van der Waals surface area contributed by atoms with Crippen molar-refractivity contribution in [1.29, 1.82) is 0 Å². The molecule has 0 aliphatic heterocycles. The first kappa shape index (κ1) is 14.8. The van der Waals surface area contributed by atoms with Crippen molar-refractivity contribution in [2.24, 2.45) is 5.92 Å². The van der Waals surface area contributed by atoms with Crippen LogP contribution in [0, 0.1) is 5.92 Å². The van der Waals surface area contributed by atoms with Gasteiger partial charge in [-0.3, -0.25) is 4.79 Å². The summed E-state index contributed by atoms with van der Waals surface area (Å²) in [4.78, 5) is 12.1. The number of methoxy groups -OCH3 is 1. The van der Waals surface area contributed by atoms with E-state index in [9.17, 15) is 4.79 Å². The SMILES string of the molecule is CCC(CC)CNC(=O)c1cc(Cl)ccc1OC. The fourth-order valence-electron chi connectivity index (χ4n) is 1.77. The molecule has 1 amide bonds. The number of benzene rings is 1. The van der Waals surface area contributed by atoms with Crippen LogP contribution < -0.4 is 10.1 Å². The lowest BCUT2D eigenvalue weighted by atomic mass is 10.0. The standard InChI is InChI=1S/C14H20ClNO2/c1-4-10(5-2)9-16-14(17)12-8-11(15)6-7-13(12)18-3/h6-8,10H,4-5,9H2,1-3H3,(H,16,17). The quantitative estimate of drug-likeness (QED) is 0.858. The maximum Gasteiger partial charge on any atom is 0.255 e. The third-order valence-corrected chi connectivity index (χ3v) is 3.35. The van der Waals surface area contributed by atoms with Gasteiger partial charge in [-0.1, -0.05) is 38.3 Å². The molecule has 1 rings (SSSR count). The Morgan fingerprint density at radius 2 is 2.06 bits per heavy atom. The van der Waals surface area contributed by atoms with Crippen molar-refractivity contribution in [3.8, 4) is 5.75 Å². The van der Waals surface area contributed by atoms with E-state index in [0.717, 1.165) is 12.8 Å². The highest BCUT2D eigenvalue weighted by molar-refractivity contribution is 6.31. The largest absolute Gasteiger partial charge is 0.496 e. The predicted octanol–water partition coefficient (Wildman–Crippen LogP) is 3.51. The van der Waals surface area contributed by atoms with Crippen molar-refractivity contribution in [2.75, 3.05) is 13.7 Å². The third-order valence-electron chi connectivity index (χ3n) is 3.11. The molecular weight excluding hydrogens is 250 g/mol. The number of hydrogen-bond acceptors (Lipinski definition) is 2. The van der Waals surface area contributed by atoms with Gasteiger partial charge >= 0.3 is 0 Å². The normalized spacial score (nSPS) is 10.5. The van der Waals surface area contributed by atoms with E-state index in [1.54, 1.807) is 25.3 Å². The van der Waals surface area contributed by atoms with Crippen LogP contribution >= 0.6 is 11.6 Å². The number of ether oxygens (including phenoxy) is 1. The van der Waals surface area contributed by atoms with Crippen LogP contribution in [0.1, 0.15) is 37.0 Å². The van der Waals surface area contributed by atoms with Crippen molar-refractivity contribution < 1.29 is 9.53 Å². The van der Waals surface area contributed by atoms with Gasteiger partial charge < -0.3 is 10.1 Å². The molecule has 0 saturated heterocycles. The number of rotatable bonds is 6. The van der Waals surface area contributed by atoms with E-state index in [1.807, 2.05) is 0 Å². The van der Waals surface area contributed by atoms with Gasteiger partial charge in [-0.15, -0.1) is 0 Å². The molecule has 0 fully saturated rings. The van der Waals surface area contributed by atoms with Gasteiger partial charge in [-0.2, -0.15) is 0 Å². The van der Waals surface area contributed by atoms with Gasteiger partial charge in [0, 0.05) is 11.6 Å². The van der Waals surface area contributed by atoms with Gasteiger partial charge in [0.25, 0.3) is 5.91 Å². The van der Waals surface area contributed by atoms with Crippen molar-refractivity contribution in [2.45, 2.75) is 26.7 Å². The molecule has 0 saturated carbocycles. The topological polar surface area (TPSA) is 38.3 Å². The Morgan fingerprint density at radius 1 is 1.39 bits per heavy atom. The van der Waals surface area contributed by atoms with E-state index < -0.39 is 0 Å². The first-order chi connectivity index (χ1) is 8.62. The zero-order valence-corrected chi connectivity index (χ0v) is 11.9. The molecule has 0 radical (unpaired) electrons. The minimum atomic E-state index is -0.138. The Bertz CT molecular complexity index is 403.